The second-order valence-corrected chi connectivity index (χ2v) is 6.36. The first kappa shape index (κ1) is 17.0. The maximum atomic E-state index is 5.87. The summed E-state index contributed by atoms with van der Waals surface area (Å²) in [5, 5.41) is 0. The van der Waals surface area contributed by atoms with E-state index < -0.39 is 0 Å². The number of hydrogen-bond donors (Lipinski definition) is 1. The smallest absolute Gasteiger partial charge is 0.0368 e. The van der Waals surface area contributed by atoms with Gasteiger partial charge in [-0.1, -0.05) is 39.8 Å². The molecule has 0 fully saturated rings. The van der Waals surface area contributed by atoms with Crippen LogP contribution < -0.4 is 10.6 Å². The molecule has 0 amide bonds. The van der Waals surface area contributed by atoms with Gasteiger partial charge in [-0.2, -0.15) is 0 Å². The second-order valence-electron chi connectivity index (χ2n) is 6.36. The molecule has 1 unspecified atom stereocenters. The first-order chi connectivity index (χ1) is 9.47. The fourth-order valence-corrected chi connectivity index (χ4v) is 2.78. The Morgan fingerprint density at radius 3 is 1.95 bits per heavy atom. The van der Waals surface area contributed by atoms with Crippen LogP contribution in [0.25, 0.3) is 0 Å². The molecule has 0 spiro atoms. The zero-order chi connectivity index (χ0) is 15.1. The maximum Gasteiger partial charge on any atom is 0.0368 e. The monoisotopic (exact) mass is 276 g/mol. The Bertz CT molecular complexity index is 364. The summed E-state index contributed by atoms with van der Waals surface area (Å²) >= 11 is 0. The van der Waals surface area contributed by atoms with E-state index in [1.165, 1.54) is 24.1 Å². The number of nitrogens with two attached hydrogens (primary N) is 1. The fourth-order valence-electron chi connectivity index (χ4n) is 2.78. The Morgan fingerprint density at radius 1 is 1.00 bits per heavy atom. The summed E-state index contributed by atoms with van der Waals surface area (Å²) in [6.45, 7) is 12.3. The molecular weight excluding hydrogens is 244 g/mol. The maximum absolute atomic E-state index is 5.87. The van der Waals surface area contributed by atoms with Crippen LogP contribution in [-0.2, 0) is 6.42 Å². The van der Waals surface area contributed by atoms with Crippen molar-refractivity contribution in [2.45, 2.75) is 66.0 Å². The Balaban J connectivity index is 2.89. The Kier molecular flexibility index (Phi) is 7.08. The van der Waals surface area contributed by atoms with Gasteiger partial charge in [-0.3, -0.25) is 0 Å². The van der Waals surface area contributed by atoms with E-state index in [0.29, 0.717) is 12.0 Å². The number of benzene rings is 1. The van der Waals surface area contributed by atoms with Crippen LogP contribution in [0.4, 0.5) is 5.69 Å². The summed E-state index contributed by atoms with van der Waals surface area (Å²) in [7, 11) is 0. The van der Waals surface area contributed by atoms with Crippen LogP contribution in [-0.4, -0.2) is 18.6 Å². The third kappa shape index (κ3) is 5.16. The first-order valence-corrected chi connectivity index (χ1v) is 8.09. The van der Waals surface area contributed by atoms with Crippen molar-refractivity contribution in [1.29, 1.82) is 0 Å². The van der Waals surface area contributed by atoms with Gasteiger partial charge < -0.3 is 10.6 Å². The zero-order valence-electron chi connectivity index (χ0n) is 13.9. The fraction of sp³-hybridized carbons (Fsp3) is 0.667. The zero-order valence-corrected chi connectivity index (χ0v) is 13.9. The SMILES string of the molecule is CCC(CC)N(CC(C)C)c1ccc(CC(C)N)cc1. The number of anilines is 1. The standard InChI is InChI=1S/C18H32N2/c1-6-17(7-2)20(13-14(3)4)18-10-8-16(9-11-18)12-15(5)19/h8-11,14-15,17H,6-7,12-13,19H2,1-5H3. The normalized spacial score (nSPS) is 13.0. The summed E-state index contributed by atoms with van der Waals surface area (Å²) in [5.41, 5.74) is 8.55. The third-order valence-corrected chi connectivity index (χ3v) is 3.77. The molecule has 1 aromatic rings. The number of nitrogens with zero attached hydrogens (tertiary/aromatic N) is 1. The molecule has 1 rings (SSSR count). The van der Waals surface area contributed by atoms with E-state index in [-0.39, 0.29) is 6.04 Å². The average Bonchev–Trinajstić information content (AvgIpc) is 2.39. The summed E-state index contributed by atoms with van der Waals surface area (Å²) in [5.74, 6) is 0.680. The average molecular weight is 276 g/mol. The lowest BCUT2D eigenvalue weighted by Crippen LogP contribution is -2.37. The quantitative estimate of drug-likeness (QED) is 0.770. The molecule has 2 N–H and O–H groups in total. The van der Waals surface area contributed by atoms with Crippen LogP contribution in [0.1, 0.15) is 53.0 Å². The van der Waals surface area contributed by atoms with Crippen molar-refractivity contribution in [2.24, 2.45) is 11.7 Å². The number of rotatable bonds is 8. The van der Waals surface area contributed by atoms with Crippen LogP contribution in [0.3, 0.4) is 0 Å². The van der Waals surface area contributed by atoms with Gasteiger partial charge in [-0.05, 0) is 49.8 Å². The first-order valence-electron chi connectivity index (χ1n) is 8.09. The molecule has 2 nitrogen and oxygen atoms in total. The second kappa shape index (κ2) is 8.31. The van der Waals surface area contributed by atoms with Gasteiger partial charge in [0.2, 0.25) is 0 Å². The predicted molar refractivity (Wildman–Crippen MR) is 90.3 cm³/mol. The highest BCUT2D eigenvalue weighted by molar-refractivity contribution is 5.48. The van der Waals surface area contributed by atoms with Gasteiger partial charge in [0.25, 0.3) is 0 Å². The van der Waals surface area contributed by atoms with E-state index >= 15 is 0 Å². The van der Waals surface area contributed by atoms with Crippen LogP contribution in [0.5, 0.6) is 0 Å². The molecule has 0 aliphatic carbocycles. The van der Waals surface area contributed by atoms with Gasteiger partial charge in [0.05, 0.1) is 0 Å². The van der Waals surface area contributed by atoms with E-state index in [2.05, 4.69) is 63.8 Å². The Morgan fingerprint density at radius 2 is 1.55 bits per heavy atom. The molecule has 0 saturated heterocycles. The van der Waals surface area contributed by atoms with E-state index in [9.17, 15) is 0 Å². The minimum atomic E-state index is 0.228. The minimum absolute atomic E-state index is 0.228. The van der Waals surface area contributed by atoms with E-state index in [1.54, 1.807) is 0 Å². The Labute approximate surface area is 125 Å². The molecule has 0 bridgehead atoms. The van der Waals surface area contributed by atoms with Crippen molar-refractivity contribution < 1.29 is 0 Å². The lowest BCUT2D eigenvalue weighted by molar-refractivity contribution is 0.507. The highest BCUT2D eigenvalue weighted by Crippen LogP contribution is 2.23. The van der Waals surface area contributed by atoms with Crippen molar-refractivity contribution >= 4 is 5.69 Å². The van der Waals surface area contributed by atoms with E-state index in [0.717, 1.165) is 13.0 Å². The molecule has 0 radical (unpaired) electrons. The number of hydrogen-bond acceptors (Lipinski definition) is 2. The minimum Gasteiger partial charge on any atom is -0.368 e. The summed E-state index contributed by atoms with van der Waals surface area (Å²) < 4.78 is 0. The van der Waals surface area contributed by atoms with Crippen molar-refractivity contribution in [3.8, 4) is 0 Å². The molecule has 1 atom stereocenters. The van der Waals surface area contributed by atoms with Crippen molar-refractivity contribution in [2.75, 3.05) is 11.4 Å². The molecule has 114 valence electrons. The summed E-state index contributed by atoms with van der Waals surface area (Å²) in [4.78, 5) is 2.57. The lowest BCUT2D eigenvalue weighted by atomic mass is 10.0. The Hall–Kier alpha value is -1.02. The third-order valence-electron chi connectivity index (χ3n) is 3.77. The molecule has 0 saturated carbocycles. The molecule has 1 aromatic carbocycles. The van der Waals surface area contributed by atoms with Gasteiger partial charge in [0, 0.05) is 24.3 Å². The van der Waals surface area contributed by atoms with Crippen LogP contribution in [0.2, 0.25) is 0 Å². The van der Waals surface area contributed by atoms with E-state index in [1.807, 2.05) is 0 Å². The van der Waals surface area contributed by atoms with Crippen molar-refractivity contribution in [3.05, 3.63) is 29.8 Å². The molecule has 0 aliphatic rings. The van der Waals surface area contributed by atoms with Crippen LogP contribution in [0, 0.1) is 5.92 Å². The molecule has 0 aromatic heterocycles. The molecular formula is C18H32N2. The molecule has 2 heteroatoms. The van der Waals surface area contributed by atoms with E-state index in [4.69, 9.17) is 5.73 Å². The molecule has 20 heavy (non-hydrogen) atoms. The lowest BCUT2D eigenvalue weighted by Gasteiger charge is -2.34. The van der Waals surface area contributed by atoms with Crippen molar-refractivity contribution in [3.63, 3.8) is 0 Å². The van der Waals surface area contributed by atoms with Crippen LogP contribution in [0.15, 0.2) is 24.3 Å². The predicted octanol–water partition coefficient (Wildman–Crippen LogP) is 4.23. The highest BCUT2D eigenvalue weighted by Gasteiger charge is 2.16. The van der Waals surface area contributed by atoms with Gasteiger partial charge in [-0.25, -0.2) is 0 Å². The van der Waals surface area contributed by atoms with Crippen molar-refractivity contribution in [1.82, 2.24) is 0 Å². The van der Waals surface area contributed by atoms with Gasteiger partial charge in [0.1, 0.15) is 0 Å². The molecule has 0 heterocycles. The largest absolute Gasteiger partial charge is 0.368 e. The molecule has 0 aliphatic heterocycles. The van der Waals surface area contributed by atoms with Crippen LogP contribution >= 0.6 is 0 Å². The van der Waals surface area contributed by atoms with Gasteiger partial charge in [0.15, 0.2) is 0 Å². The summed E-state index contributed by atoms with van der Waals surface area (Å²) in [6, 6.07) is 9.85. The van der Waals surface area contributed by atoms with Gasteiger partial charge >= 0.3 is 0 Å². The highest BCUT2D eigenvalue weighted by atomic mass is 15.2. The van der Waals surface area contributed by atoms with Gasteiger partial charge in [-0.15, -0.1) is 0 Å². The topological polar surface area (TPSA) is 29.3 Å². The summed E-state index contributed by atoms with van der Waals surface area (Å²) in [6.07, 6.45) is 3.35.